The SMILES string of the molecule is COc1cccc2nc(N)n(CC(=O)O)c12. The zero-order valence-corrected chi connectivity index (χ0v) is 8.67. The number of aliphatic carboxylic acids is 1. The van der Waals surface area contributed by atoms with E-state index in [1.54, 1.807) is 18.2 Å². The maximum absolute atomic E-state index is 10.7. The van der Waals surface area contributed by atoms with Crippen LogP contribution in [0.15, 0.2) is 18.2 Å². The summed E-state index contributed by atoms with van der Waals surface area (Å²) >= 11 is 0. The predicted octanol–water partition coefficient (Wildman–Crippen LogP) is 0.712. The Morgan fingerprint density at radius 2 is 2.38 bits per heavy atom. The zero-order chi connectivity index (χ0) is 11.7. The number of methoxy groups -OCH3 is 1. The van der Waals surface area contributed by atoms with Crippen LogP contribution in [0, 0.1) is 0 Å². The predicted molar refractivity (Wildman–Crippen MR) is 58.3 cm³/mol. The van der Waals surface area contributed by atoms with Gasteiger partial charge in [-0.2, -0.15) is 0 Å². The first kappa shape index (κ1) is 10.3. The molecule has 1 aromatic carbocycles. The van der Waals surface area contributed by atoms with Gasteiger partial charge in [-0.15, -0.1) is 0 Å². The van der Waals surface area contributed by atoms with Gasteiger partial charge < -0.3 is 15.6 Å². The van der Waals surface area contributed by atoms with Gasteiger partial charge >= 0.3 is 5.97 Å². The average Bonchev–Trinajstić information content (AvgIpc) is 2.54. The molecule has 1 heterocycles. The second kappa shape index (κ2) is 3.73. The Kier molecular flexibility index (Phi) is 2.40. The third-order valence-corrected chi connectivity index (χ3v) is 2.27. The minimum absolute atomic E-state index is 0.168. The molecule has 0 spiro atoms. The van der Waals surface area contributed by atoms with E-state index in [9.17, 15) is 4.79 Å². The standard InChI is InChI=1S/C10H11N3O3/c1-16-7-4-2-3-6-9(7)13(5-8(14)15)10(11)12-6/h2-4H,5H2,1H3,(H2,11,12)(H,14,15). The Hall–Kier alpha value is -2.24. The van der Waals surface area contributed by atoms with E-state index in [2.05, 4.69) is 4.98 Å². The van der Waals surface area contributed by atoms with Crippen molar-refractivity contribution in [1.82, 2.24) is 9.55 Å². The van der Waals surface area contributed by atoms with Gasteiger partial charge in [-0.1, -0.05) is 6.07 Å². The van der Waals surface area contributed by atoms with Crippen LogP contribution in [0.1, 0.15) is 0 Å². The number of carboxylic acid groups (broad SMARTS) is 1. The maximum Gasteiger partial charge on any atom is 0.323 e. The summed E-state index contributed by atoms with van der Waals surface area (Å²) in [6, 6.07) is 5.27. The fraction of sp³-hybridized carbons (Fsp3) is 0.200. The Bertz CT molecular complexity index is 547. The molecule has 6 heteroatoms. The molecule has 0 fully saturated rings. The van der Waals surface area contributed by atoms with Crippen molar-refractivity contribution >= 4 is 23.0 Å². The maximum atomic E-state index is 10.7. The number of nitrogens with zero attached hydrogens (tertiary/aromatic N) is 2. The second-order valence-corrected chi connectivity index (χ2v) is 3.28. The van der Waals surface area contributed by atoms with Crippen LogP contribution in [-0.4, -0.2) is 27.7 Å². The summed E-state index contributed by atoms with van der Waals surface area (Å²) in [7, 11) is 1.52. The van der Waals surface area contributed by atoms with Gasteiger partial charge in [-0.25, -0.2) is 4.98 Å². The van der Waals surface area contributed by atoms with Gasteiger partial charge in [0, 0.05) is 0 Å². The van der Waals surface area contributed by atoms with Crippen molar-refractivity contribution in [2.75, 3.05) is 12.8 Å². The van der Waals surface area contributed by atoms with Crippen molar-refractivity contribution in [3.05, 3.63) is 18.2 Å². The van der Waals surface area contributed by atoms with E-state index in [1.165, 1.54) is 11.7 Å². The fourth-order valence-electron chi connectivity index (χ4n) is 1.63. The first-order chi connectivity index (χ1) is 7.63. The minimum Gasteiger partial charge on any atom is -0.494 e. The number of nitrogen functional groups attached to an aromatic ring is 1. The summed E-state index contributed by atoms with van der Waals surface area (Å²) in [6.45, 7) is -0.233. The van der Waals surface area contributed by atoms with Crippen LogP contribution < -0.4 is 10.5 Å². The zero-order valence-electron chi connectivity index (χ0n) is 8.67. The topological polar surface area (TPSA) is 90.4 Å². The molecule has 6 nitrogen and oxygen atoms in total. The van der Waals surface area contributed by atoms with Gasteiger partial charge in [0.25, 0.3) is 0 Å². The van der Waals surface area contributed by atoms with Crippen molar-refractivity contribution in [3.8, 4) is 5.75 Å². The highest BCUT2D eigenvalue weighted by atomic mass is 16.5. The number of nitrogens with two attached hydrogens (primary N) is 1. The van der Waals surface area contributed by atoms with E-state index in [-0.39, 0.29) is 12.5 Å². The molecule has 2 aromatic rings. The molecule has 0 aliphatic heterocycles. The van der Waals surface area contributed by atoms with Crippen LogP contribution in [0.4, 0.5) is 5.95 Å². The van der Waals surface area contributed by atoms with Crippen LogP contribution >= 0.6 is 0 Å². The number of imidazole rings is 1. The molecule has 0 saturated heterocycles. The normalized spacial score (nSPS) is 10.6. The Morgan fingerprint density at radius 1 is 1.62 bits per heavy atom. The Labute approximate surface area is 91.3 Å². The molecule has 0 unspecified atom stereocenters. The van der Waals surface area contributed by atoms with E-state index in [1.807, 2.05) is 0 Å². The molecule has 84 valence electrons. The molecule has 3 N–H and O–H groups in total. The van der Waals surface area contributed by atoms with E-state index in [0.29, 0.717) is 16.8 Å². The molecule has 0 bridgehead atoms. The van der Waals surface area contributed by atoms with Gasteiger partial charge in [-0.05, 0) is 12.1 Å². The highest BCUT2D eigenvalue weighted by molar-refractivity contribution is 5.86. The number of para-hydroxylation sites is 1. The fourth-order valence-corrected chi connectivity index (χ4v) is 1.63. The molecule has 0 aliphatic carbocycles. The molecule has 16 heavy (non-hydrogen) atoms. The number of benzene rings is 1. The molecular formula is C10H11N3O3. The van der Waals surface area contributed by atoms with Crippen LogP contribution in [-0.2, 0) is 11.3 Å². The number of anilines is 1. The average molecular weight is 221 g/mol. The Balaban J connectivity index is 2.70. The molecule has 2 rings (SSSR count). The molecule has 0 atom stereocenters. The van der Waals surface area contributed by atoms with E-state index >= 15 is 0 Å². The van der Waals surface area contributed by atoms with E-state index in [4.69, 9.17) is 15.6 Å². The largest absolute Gasteiger partial charge is 0.494 e. The number of carbonyl (C=O) groups is 1. The molecule has 0 aliphatic rings. The lowest BCUT2D eigenvalue weighted by atomic mass is 10.3. The summed E-state index contributed by atoms with van der Waals surface area (Å²) in [6.07, 6.45) is 0. The third-order valence-electron chi connectivity index (χ3n) is 2.27. The third kappa shape index (κ3) is 1.54. The van der Waals surface area contributed by atoms with Crippen molar-refractivity contribution in [1.29, 1.82) is 0 Å². The van der Waals surface area contributed by atoms with E-state index in [0.717, 1.165) is 0 Å². The van der Waals surface area contributed by atoms with Gasteiger partial charge in [0.2, 0.25) is 5.95 Å². The van der Waals surface area contributed by atoms with Crippen LogP contribution in [0.25, 0.3) is 11.0 Å². The Morgan fingerprint density at radius 3 is 3.00 bits per heavy atom. The number of carboxylic acids is 1. The summed E-state index contributed by atoms with van der Waals surface area (Å²) in [5.74, 6) is -0.248. The van der Waals surface area contributed by atoms with Crippen molar-refractivity contribution in [2.45, 2.75) is 6.54 Å². The number of fused-ring (bicyclic) bond motifs is 1. The lowest BCUT2D eigenvalue weighted by Gasteiger charge is -2.06. The summed E-state index contributed by atoms with van der Waals surface area (Å²) in [5, 5.41) is 8.79. The molecule has 0 radical (unpaired) electrons. The molecular weight excluding hydrogens is 210 g/mol. The van der Waals surface area contributed by atoms with Crippen molar-refractivity contribution in [2.24, 2.45) is 0 Å². The first-order valence-electron chi connectivity index (χ1n) is 4.64. The summed E-state index contributed by atoms with van der Waals surface area (Å²) < 4.78 is 6.57. The van der Waals surface area contributed by atoms with Gasteiger partial charge in [0.05, 0.1) is 12.6 Å². The summed E-state index contributed by atoms with van der Waals surface area (Å²) in [4.78, 5) is 14.8. The molecule has 0 amide bonds. The number of hydrogen-bond acceptors (Lipinski definition) is 4. The highest BCUT2D eigenvalue weighted by Gasteiger charge is 2.14. The van der Waals surface area contributed by atoms with E-state index < -0.39 is 5.97 Å². The van der Waals surface area contributed by atoms with Crippen LogP contribution in [0.3, 0.4) is 0 Å². The monoisotopic (exact) mass is 221 g/mol. The molecule has 1 aromatic heterocycles. The summed E-state index contributed by atoms with van der Waals surface area (Å²) in [5.41, 5.74) is 6.88. The number of aromatic nitrogens is 2. The lowest BCUT2D eigenvalue weighted by Crippen LogP contribution is -2.11. The van der Waals surface area contributed by atoms with Crippen LogP contribution in [0.5, 0.6) is 5.75 Å². The van der Waals surface area contributed by atoms with Gasteiger partial charge in [0.1, 0.15) is 17.8 Å². The quantitative estimate of drug-likeness (QED) is 0.796. The minimum atomic E-state index is -0.975. The van der Waals surface area contributed by atoms with Crippen LogP contribution in [0.2, 0.25) is 0 Å². The molecule has 0 saturated carbocycles. The number of hydrogen-bond donors (Lipinski definition) is 2. The van der Waals surface area contributed by atoms with Crippen molar-refractivity contribution in [3.63, 3.8) is 0 Å². The van der Waals surface area contributed by atoms with Gasteiger partial charge in [-0.3, -0.25) is 9.36 Å². The van der Waals surface area contributed by atoms with Crippen molar-refractivity contribution < 1.29 is 14.6 Å². The van der Waals surface area contributed by atoms with Gasteiger partial charge in [0.15, 0.2) is 0 Å². The smallest absolute Gasteiger partial charge is 0.323 e. The highest BCUT2D eigenvalue weighted by Crippen LogP contribution is 2.27. The number of ether oxygens (including phenoxy) is 1. The first-order valence-corrected chi connectivity index (χ1v) is 4.64. The lowest BCUT2D eigenvalue weighted by molar-refractivity contribution is -0.137. The second-order valence-electron chi connectivity index (χ2n) is 3.28. The number of rotatable bonds is 3.